The molecule has 0 aliphatic rings. The first-order valence-electron chi connectivity index (χ1n) is 5.01. The lowest BCUT2D eigenvalue weighted by atomic mass is 10.1. The smallest absolute Gasteiger partial charge is 0.242 e. The summed E-state index contributed by atoms with van der Waals surface area (Å²) < 4.78 is 0. The predicted octanol–water partition coefficient (Wildman–Crippen LogP) is 2.43. The third kappa shape index (κ3) is 3.54. The Bertz CT molecular complexity index is 361. The highest BCUT2D eigenvalue weighted by molar-refractivity contribution is 5.99. The van der Waals surface area contributed by atoms with Crippen molar-refractivity contribution in [2.45, 2.75) is 20.8 Å². The molecule has 3 nitrogen and oxygen atoms in total. The minimum atomic E-state index is -0.0646. The standard InChI is InChI=1S/C12H16N2O.H2/c1-9(2)12(15)14-13-10(3)11-7-5-4-6-8-11;/h4-9H,1-3H3,(H,14,15);1H/b13-10+;. The summed E-state index contributed by atoms with van der Waals surface area (Å²) in [5.41, 5.74) is 4.35. The van der Waals surface area contributed by atoms with E-state index in [1.165, 1.54) is 0 Å². The van der Waals surface area contributed by atoms with Gasteiger partial charge in [0, 0.05) is 7.34 Å². The Morgan fingerprint density at radius 3 is 2.47 bits per heavy atom. The van der Waals surface area contributed by atoms with Crippen molar-refractivity contribution >= 4 is 11.6 Å². The van der Waals surface area contributed by atoms with Gasteiger partial charge in [-0.1, -0.05) is 44.2 Å². The van der Waals surface area contributed by atoms with E-state index in [0.29, 0.717) is 0 Å². The number of hydrazone groups is 1. The highest BCUT2D eigenvalue weighted by atomic mass is 16.2. The molecular formula is C12H18N2O. The van der Waals surface area contributed by atoms with Crippen LogP contribution in [0.3, 0.4) is 0 Å². The summed E-state index contributed by atoms with van der Waals surface area (Å²) in [7, 11) is 0. The lowest BCUT2D eigenvalue weighted by Crippen LogP contribution is -2.23. The molecular weight excluding hydrogens is 188 g/mol. The van der Waals surface area contributed by atoms with Gasteiger partial charge in [0.25, 0.3) is 0 Å². The second kappa shape index (κ2) is 5.29. The molecule has 0 aliphatic carbocycles. The van der Waals surface area contributed by atoms with Gasteiger partial charge in [0.2, 0.25) is 5.91 Å². The average molecular weight is 206 g/mol. The van der Waals surface area contributed by atoms with Gasteiger partial charge in [0.15, 0.2) is 0 Å². The summed E-state index contributed by atoms with van der Waals surface area (Å²) in [5.74, 6) is -0.109. The van der Waals surface area contributed by atoms with Gasteiger partial charge < -0.3 is 0 Å². The lowest BCUT2D eigenvalue weighted by Gasteiger charge is -2.04. The molecule has 0 heterocycles. The van der Waals surface area contributed by atoms with Gasteiger partial charge in [-0.25, -0.2) is 5.43 Å². The van der Waals surface area contributed by atoms with Crippen molar-refractivity contribution in [1.29, 1.82) is 0 Å². The minimum absolute atomic E-state index is 0. The summed E-state index contributed by atoms with van der Waals surface area (Å²) in [6.45, 7) is 5.54. The maximum atomic E-state index is 11.3. The van der Waals surface area contributed by atoms with E-state index >= 15 is 0 Å². The number of hydrogen-bond donors (Lipinski definition) is 1. The Kier molecular flexibility index (Phi) is 4.03. The van der Waals surface area contributed by atoms with Crippen LogP contribution in [0.1, 0.15) is 27.8 Å². The molecule has 0 bridgehead atoms. The first-order valence-corrected chi connectivity index (χ1v) is 5.01. The maximum absolute atomic E-state index is 11.3. The van der Waals surface area contributed by atoms with E-state index in [9.17, 15) is 4.79 Å². The van der Waals surface area contributed by atoms with Crippen LogP contribution in [0.2, 0.25) is 0 Å². The van der Waals surface area contributed by atoms with Crippen LogP contribution in [0.15, 0.2) is 35.4 Å². The van der Waals surface area contributed by atoms with Gasteiger partial charge in [-0.2, -0.15) is 5.10 Å². The fourth-order valence-corrected chi connectivity index (χ4v) is 1.01. The summed E-state index contributed by atoms with van der Waals surface area (Å²) in [5, 5.41) is 4.03. The Hall–Kier alpha value is -1.64. The molecule has 0 aromatic heterocycles. The van der Waals surface area contributed by atoms with Crippen LogP contribution in [-0.4, -0.2) is 11.6 Å². The Morgan fingerprint density at radius 2 is 1.93 bits per heavy atom. The van der Waals surface area contributed by atoms with E-state index in [4.69, 9.17) is 0 Å². The number of nitrogens with one attached hydrogen (secondary N) is 1. The zero-order valence-corrected chi connectivity index (χ0v) is 9.32. The Labute approximate surface area is 91.7 Å². The van der Waals surface area contributed by atoms with Crippen molar-refractivity contribution in [3.05, 3.63) is 35.9 Å². The van der Waals surface area contributed by atoms with E-state index in [2.05, 4.69) is 10.5 Å². The molecule has 0 saturated carbocycles. The summed E-state index contributed by atoms with van der Waals surface area (Å²) in [4.78, 5) is 11.3. The van der Waals surface area contributed by atoms with Crippen LogP contribution in [0, 0.1) is 5.92 Å². The number of carbonyl (C=O) groups excluding carboxylic acids is 1. The summed E-state index contributed by atoms with van der Waals surface area (Å²) >= 11 is 0. The second-order valence-electron chi connectivity index (χ2n) is 3.69. The number of carbonyl (C=O) groups is 1. The third-order valence-corrected chi connectivity index (χ3v) is 2.05. The molecule has 0 aliphatic heterocycles. The van der Waals surface area contributed by atoms with Crippen molar-refractivity contribution in [2.75, 3.05) is 0 Å². The van der Waals surface area contributed by atoms with Crippen LogP contribution in [0.4, 0.5) is 0 Å². The molecule has 0 fully saturated rings. The summed E-state index contributed by atoms with van der Waals surface area (Å²) in [6.07, 6.45) is 0. The molecule has 0 saturated heterocycles. The van der Waals surface area contributed by atoms with Gasteiger partial charge in [-0.15, -0.1) is 0 Å². The monoisotopic (exact) mass is 206 g/mol. The Morgan fingerprint density at radius 1 is 1.33 bits per heavy atom. The zero-order valence-electron chi connectivity index (χ0n) is 9.32. The van der Waals surface area contributed by atoms with Crippen LogP contribution in [0.5, 0.6) is 0 Å². The molecule has 0 atom stereocenters. The van der Waals surface area contributed by atoms with Gasteiger partial charge in [-0.05, 0) is 12.5 Å². The maximum Gasteiger partial charge on any atom is 0.242 e. The molecule has 0 radical (unpaired) electrons. The van der Waals surface area contributed by atoms with Crippen LogP contribution in [-0.2, 0) is 4.79 Å². The molecule has 1 N–H and O–H groups in total. The van der Waals surface area contributed by atoms with E-state index in [-0.39, 0.29) is 13.3 Å². The molecule has 15 heavy (non-hydrogen) atoms. The number of hydrogen-bond acceptors (Lipinski definition) is 2. The number of benzene rings is 1. The van der Waals surface area contributed by atoms with Crippen molar-refractivity contribution in [2.24, 2.45) is 11.0 Å². The van der Waals surface area contributed by atoms with Gasteiger partial charge in [0.1, 0.15) is 0 Å². The van der Waals surface area contributed by atoms with Crippen molar-refractivity contribution in [3.63, 3.8) is 0 Å². The highest BCUT2D eigenvalue weighted by Crippen LogP contribution is 2.00. The first kappa shape index (κ1) is 11.4. The Balaban J connectivity index is 0.00000225. The van der Waals surface area contributed by atoms with E-state index in [0.717, 1.165) is 11.3 Å². The first-order chi connectivity index (χ1) is 7.11. The SMILES string of the molecule is C/C(=N\NC(=O)C(C)C)c1ccccc1.[HH]. The van der Waals surface area contributed by atoms with E-state index < -0.39 is 0 Å². The average Bonchev–Trinajstić information content (AvgIpc) is 2.26. The van der Waals surface area contributed by atoms with Gasteiger partial charge in [-0.3, -0.25) is 4.79 Å². The van der Waals surface area contributed by atoms with Crippen molar-refractivity contribution < 1.29 is 6.22 Å². The quantitative estimate of drug-likeness (QED) is 0.599. The number of amides is 1. The van der Waals surface area contributed by atoms with E-state index in [1.54, 1.807) is 0 Å². The molecule has 1 rings (SSSR count). The largest absolute Gasteiger partial charge is 0.273 e. The van der Waals surface area contributed by atoms with Crippen LogP contribution in [0.25, 0.3) is 0 Å². The highest BCUT2D eigenvalue weighted by Gasteiger charge is 2.04. The summed E-state index contributed by atoms with van der Waals surface area (Å²) in [6, 6.07) is 9.75. The second-order valence-corrected chi connectivity index (χ2v) is 3.69. The molecule has 1 amide bonds. The van der Waals surface area contributed by atoms with Gasteiger partial charge in [0.05, 0.1) is 5.71 Å². The molecule has 0 unspecified atom stereocenters. The fraction of sp³-hybridized carbons (Fsp3) is 0.333. The van der Waals surface area contributed by atoms with Crippen LogP contribution >= 0.6 is 0 Å². The normalized spacial score (nSPS) is 11.6. The van der Waals surface area contributed by atoms with Gasteiger partial charge >= 0.3 is 0 Å². The minimum Gasteiger partial charge on any atom is -0.273 e. The predicted molar refractivity (Wildman–Crippen MR) is 63.7 cm³/mol. The topological polar surface area (TPSA) is 41.5 Å². The molecule has 0 spiro atoms. The lowest BCUT2D eigenvalue weighted by molar-refractivity contribution is -0.123. The van der Waals surface area contributed by atoms with Crippen molar-refractivity contribution in [1.82, 2.24) is 5.43 Å². The molecule has 82 valence electrons. The van der Waals surface area contributed by atoms with Crippen LogP contribution < -0.4 is 5.43 Å². The van der Waals surface area contributed by atoms with Crippen molar-refractivity contribution in [3.8, 4) is 0 Å². The fourth-order valence-electron chi connectivity index (χ4n) is 1.01. The molecule has 1 aromatic carbocycles. The zero-order chi connectivity index (χ0) is 11.3. The van der Waals surface area contributed by atoms with E-state index in [1.807, 2.05) is 51.1 Å². The number of nitrogens with zero attached hydrogens (tertiary/aromatic N) is 1. The molecule has 3 heteroatoms. The number of rotatable bonds is 3. The third-order valence-electron chi connectivity index (χ3n) is 2.05. The molecule has 1 aromatic rings.